The predicted octanol–water partition coefficient (Wildman–Crippen LogP) is 1.62. The van der Waals surface area contributed by atoms with E-state index in [1.165, 1.54) is 6.42 Å². The van der Waals surface area contributed by atoms with Crippen LogP contribution in [-0.2, 0) is 32.7 Å². The zero-order chi connectivity index (χ0) is 3.41. The van der Waals surface area contributed by atoms with Crippen LogP contribution in [0.15, 0.2) is 0 Å². The summed E-state index contributed by atoms with van der Waals surface area (Å²) in [5.74, 6) is 0. The van der Waals surface area contributed by atoms with E-state index in [0.29, 0.717) is 0 Å². The molecule has 0 aromatic rings. The van der Waals surface area contributed by atoms with Gasteiger partial charge in [-0.05, 0) is 0 Å². The molecule has 0 aliphatic heterocycles. The molecule has 0 aliphatic rings. The summed E-state index contributed by atoms with van der Waals surface area (Å²) in [6.45, 7) is 4.18. The van der Waals surface area contributed by atoms with Crippen molar-refractivity contribution in [2.24, 2.45) is 0 Å². The van der Waals surface area contributed by atoms with Gasteiger partial charge in [-0.2, -0.15) is 13.3 Å². The molecule has 0 rings (SSSR count). The molecule has 1 heteroatoms. The summed E-state index contributed by atoms with van der Waals surface area (Å²) in [6, 6.07) is 0. The van der Waals surface area contributed by atoms with Crippen molar-refractivity contribution in [2.45, 2.75) is 20.3 Å². The van der Waals surface area contributed by atoms with Crippen LogP contribution in [0.4, 0.5) is 0 Å². The first-order valence-electron chi connectivity index (χ1n) is 1.69. The summed E-state index contributed by atoms with van der Waals surface area (Å²) >= 11 is 0. The average molecular weight is 146 g/mol. The molecule has 0 unspecified atom stereocenters. The van der Waals surface area contributed by atoms with Crippen LogP contribution >= 0.6 is 0 Å². The van der Waals surface area contributed by atoms with Crippen LogP contribution in [0, 0.1) is 6.42 Å². The van der Waals surface area contributed by atoms with E-state index in [1.54, 1.807) is 0 Å². The minimum absolute atomic E-state index is 0. The molecule has 0 aromatic heterocycles. The van der Waals surface area contributed by atoms with Crippen LogP contribution in [0.2, 0.25) is 0 Å². The quantitative estimate of drug-likeness (QED) is 0.493. The first-order chi connectivity index (χ1) is 1.91. The third kappa shape index (κ3) is 11.1. The van der Waals surface area contributed by atoms with Crippen molar-refractivity contribution in [2.75, 3.05) is 0 Å². The second-order valence-corrected chi connectivity index (χ2v) is 0.816. The molecule has 0 aromatic carbocycles. The van der Waals surface area contributed by atoms with E-state index in [9.17, 15) is 0 Å². The molecule has 0 amide bonds. The summed E-state index contributed by atoms with van der Waals surface area (Å²) in [7, 11) is 0. The third-order valence-electron chi connectivity index (χ3n) is 0.408. The van der Waals surface area contributed by atoms with Crippen LogP contribution in [-0.4, -0.2) is 0 Å². The maximum atomic E-state index is 2.12. The summed E-state index contributed by atoms with van der Waals surface area (Å²) in [4.78, 5) is 0. The van der Waals surface area contributed by atoms with Gasteiger partial charge in [-0.15, -0.1) is 0 Å². The monoisotopic (exact) mass is 146 g/mol. The Bertz CT molecular complexity index is 5.61. The number of hydrogen-bond acceptors (Lipinski definition) is 0. The van der Waals surface area contributed by atoms with Gasteiger partial charge in [0.05, 0.1) is 0 Å². The Balaban J connectivity index is 0. The van der Waals surface area contributed by atoms with E-state index in [1.807, 2.05) is 0 Å². The Morgan fingerprint density at radius 2 is 1.80 bits per heavy atom. The summed E-state index contributed by atoms with van der Waals surface area (Å²) in [5.41, 5.74) is 0. The Morgan fingerprint density at radius 3 is 1.80 bits per heavy atom. The summed E-state index contributed by atoms with van der Waals surface area (Å²) in [5, 5.41) is 0. The maximum absolute atomic E-state index is 2.12. The fourth-order valence-corrected chi connectivity index (χ4v) is 0. The average Bonchev–Trinajstić information content (AvgIpc) is 1.37. The van der Waals surface area contributed by atoms with Crippen LogP contribution in [0.3, 0.4) is 0 Å². The van der Waals surface area contributed by atoms with E-state index in [-0.39, 0.29) is 32.7 Å². The molecule has 5 heavy (non-hydrogen) atoms. The van der Waals surface area contributed by atoms with Gasteiger partial charge in [0.25, 0.3) is 0 Å². The SMILES string of the molecule is C[CH-]CC.[Y]. The van der Waals surface area contributed by atoms with Crippen LogP contribution in [0.1, 0.15) is 20.3 Å². The van der Waals surface area contributed by atoms with E-state index in [0.717, 1.165) is 0 Å². The van der Waals surface area contributed by atoms with Gasteiger partial charge in [0.1, 0.15) is 0 Å². The molecule has 0 aliphatic carbocycles. The van der Waals surface area contributed by atoms with E-state index >= 15 is 0 Å². The third-order valence-corrected chi connectivity index (χ3v) is 0.408. The Kier molecular flexibility index (Phi) is 16.8. The second kappa shape index (κ2) is 8.92. The first kappa shape index (κ1) is 9.44. The Morgan fingerprint density at radius 1 is 1.60 bits per heavy atom. The van der Waals surface area contributed by atoms with Crippen molar-refractivity contribution in [1.29, 1.82) is 0 Å². The van der Waals surface area contributed by atoms with Gasteiger partial charge in [0.15, 0.2) is 0 Å². The van der Waals surface area contributed by atoms with Crippen molar-refractivity contribution in [3.05, 3.63) is 6.42 Å². The minimum atomic E-state index is 0. The van der Waals surface area contributed by atoms with Crippen molar-refractivity contribution in [3.63, 3.8) is 0 Å². The van der Waals surface area contributed by atoms with Gasteiger partial charge in [-0.3, -0.25) is 0 Å². The van der Waals surface area contributed by atoms with Gasteiger partial charge in [-0.25, -0.2) is 0 Å². The van der Waals surface area contributed by atoms with Gasteiger partial charge in [0.2, 0.25) is 0 Å². The van der Waals surface area contributed by atoms with Crippen molar-refractivity contribution < 1.29 is 32.7 Å². The summed E-state index contributed by atoms with van der Waals surface area (Å²) < 4.78 is 0. The van der Waals surface area contributed by atoms with Crippen molar-refractivity contribution >= 4 is 0 Å². The molecule has 0 heterocycles. The zero-order valence-electron chi connectivity index (χ0n) is 3.86. The molecule has 29 valence electrons. The van der Waals surface area contributed by atoms with Crippen LogP contribution < -0.4 is 0 Å². The van der Waals surface area contributed by atoms with Crippen LogP contribution in [0.25, 0.3) is 0 Å². The van der Waals surface area contributed by atoms with Gasteiger partial charge < -0.3 is 6.42 Å². The number of rotatable bonds is 1. The Labute approximate surface area is 59.2 Å². The normalized spacial score (nSPS) is 6.00. The first-order valence-corrected chi connectivity index (χ1v) is 1.69. The minimum Gasteiger partial charge on any atom is -0.332 e. The topological polar surface area (TPSA) is 0 Å². The molecule has 0 N–H and O–H groups in total. The molecule has 0 saturated carbocycles. The zero-order valence-corrected chi connectivity index (χ0v) is 6.70. The van der Waals surface area contributed by atoms with Crippen molar-refractivity contribution in [3.8, 4) is 0 Å². The number of hydrogen-bond donors (Lipinski definition) is 0. The smallest absolute Gasteiger partial charge is 0 e. The fraction of sp³-hybridized carbons (Fsp3) is 0.750. The molecular weight excluding hydrogens is 137 g/mol. The van der Waals surface area contributed by atoms with Crippen molar-refractivity contribution in [1.82, 2.24) is 0 Å². The largest absolute Gasteiger partial charge is 0.332 e. The van der Waals surface area contributed by atoms with Gasteiger partial charge >= 0.3 is 0 Å². The molecule has 0 bridgehead atoms. The van der Waals surface area contributed by atoms with E-state index in [4.69, 9.17) is 0 Å². The van der Waals surface area contributed by atoms with E-state index < -0.39 is 0 Å². The molecular formula is C4H9Y-. The second-order valence-electron chi connectivity index (χ2n) is 0.816. The van der Waals surface area contributed by atoms with Gasteiger partial charge in [0, 0.05) is 32.7 Å². The Hall–Kier alpha value is 1.10. The molecule has 0 saturated heterocycles. The molecule has 0 nitrogen and oxygen atoms in total. The maximum Gasteiger partial charge on any atom is 0 e. The fourth-order valence-electron chi connectivity index (χ4n) is 0. The molecule has 0 fully saturated rings. The van der Waals surface area contributed by atoms with Gasteiger partial charge in [-0.1, -0.05) is 6.92 Å². The standard InChI is InChI=1S/C4H9.Y/c1-3-4-2;/h3H,4H2,1-2H3;/q-1;. The molecule has 0 atom stereocenters. The summed E-state index contributed by atoms with van der Waals surface area (Å²) in [6.07, 6.45) is 3.32. The molecule has 0 spiro atoms. The van der Waals surface area contributed by atoms with E-state index in [2.05, 4.69) is 20.3 Å². The predicted molar refractivity (Wildman–Crippen MR) is 20.3 cm³/mol. The number of unbranched alkanes of at least 4 members (excludes halogenated alkanes) is 1. The molecule has 1 radical (unpaired) electrons. The van der Waals surface area contributed by atoms with Crippen LogP contribution in [0.5, 0.6) is 0 Å².